The average molecular weight is 311 g/mol. The van der Waals surface area contributed by atoms with E-state index in [1.54, 1.807) is 12.3 Å². The highest BCUT2D eigenvalue weighted by molar-refractivity contribution is 6.33. The molecule has 0 spiro atoms. The molecule has 0 radical (unpaired) electrons. The van der Waals surface area contributed by atoms with Crippen LogP contribution in [0.15, 0.2) is 23.6 Å². The number of hydrogen-bond donors (Lipinski definition) is 1. The summed E-state index contributed by atoms with van der Waals surface area (Å²) in [5.74, 6) is 0. The summed E-state index contributed by atoms with van der Waals surface area (Å²) in [5, 5.41) is 7.90. The first-order valence-electron chi connectivity index (χ1n) is 7.41. The molecule has 21 heavy (non-hydrogen) atoms. The summed E-state index contributed by atoms with van der Waals surface area (Å²) in [5.41, 5.74) is 0.449. The third-order valence-electron chi connectivity index (χ3n) is 3.78. The van der Waals surface area contributed by atoms with Gasteiger partial charge in [0.05, 0.1) is 18.4 Å². The van der Waals surface area contributed by atoms with Crippen LogP contribution in [0.25, 0.3) is 0 Å². The number of aromatic nitrogens is 2. The SMILES string of the molecule is C=CCn1ncc(N(CC2CCCN2)C(C)C)c(Cl)c1=O. The predicted molar refractivity (Wildman–Crippen MR) is 87.2 cm³/mol. The molecule has 1 aliphatic rings. The Labute approximate surface area is 130 Å². The quantitative estimate of drug-likeness (QED) is 0.817. The first-order valence-corrected chi connectivity index (χ1v) is 7.79. The fourth-order valence-electron chi connectivity index (χ4n) is 2.65. The number of halogens is 1. The van der Waals surface area contributed by atoms with E-state index in [1.807, 2.05) is 0 Å². The maximum atomic E-state index is 12.2. The third kappa shape index (κ3) is 3.66. The van der Waals surface area contributed by atoms with Crippen LogP contribution in [0.1, 0.15) is 26.7 Å². The van der Waals surface area contributed by atoms with Crippen LogP contribution < -0.4 is 15.8 Å². The first-order chi connectivity index (χ1) is 10.0. The molecule has 2 rings (SSSR count). The predicted octanol–water partition coefficient (Wildman–Crippen LogP) is 2.05. The molecule has 6 heteroatoms. The zero-order valence-electron chi connectivity index (χ0n) is 12.7. The van der Waals surface area contributed by atoms with Crippen LogP contribution in [0.5, 0.6) is 0 Å². The molecule has 0 saturated carbocycles. The van der Waals surface area contributed by atoms with Crippen molar-refractivity contribution in [2.75, 3.05) is 18.0 Å². The molecular formula is C15H23ClN4O. The Kier molecular flexibility index (Phi) is 5.42. The Morgan fingerprint density at radius 3 is 3.00 bits per heavy atom. The molecule has 0 aliphatic carbocycles. The molecule has 0 amide bonds. The maximum Gasteiger partial charge on any atom is 0.287 e. The topological polar surface area (TPSA) is 50.2 Å². The molecule has 2 heterocycles. The number of nitrogens with one attached hydrogen (secondary N) is 1. The minimum absolute atomic E-state index is 0.235. The van der Waals surface area contributed by atoms with Crippen LogP contribution in [0.2, 0.25) is 5.02 Å². The number of allylic oxidation sites excluding steroid dienone is 1. The van der Waals surface area contributed by atoms with Gasteiger partial charge in [-0.25, -0.2) is 4.68 Å². The van der Waals surface area contributed by atoms with Crippen molar-refractivity contribution in [1.29, 1.82) is 0 Å². The van der Waals surface area contributed by atoms with Crippen LogP contribution >= 0.6 is 11.6 Å². The molecule has 1 unspecified atom stereocenters. The Morgan fingerprint density at radius 1 is 1.67 bits per heavy atom. The second-order valence-electron chi connectivity index (χ2n) is 5.66. The van der Waals surface area contributed by atoms with E-state index in [1.165, 1.54) is 11.1 Å². The van der Waals surface area contributed by atoms with Gasteiger partial charge in [-0.3, -0.25) is 4.79 Å². The number of hydrogen-bond acceptors (Lipinski definition) is 4. The van der Waals surface area contributed by atoms with Gasteiger partial charge >= 0.3 is 0 Å². The minimum atomic E-state index is -0.265. The van der Waals surface area contributed by atoms with Gasteiger partial charge in [0.1, 0.15) is 5.02 Å². The van der Waals surface area contributed by atoms with Crippen molar-refractivity contribution in [3.63, 3.8) is 0 Å². The smallest absolute Gasteiger partial charge is 0.287 e. The van der Waals surface area contributed by atoms with Crippen LogP contribution in [-0.4, -0.2) is 35.0 Å². The largest absolute Gasteiger partial charge is 0.365 e. The molecule has 1 atom stereocenters. The average Bonchev–Trinajstić information content (AvgIpc) is 2.95. The molecule has 1 saturated heterocycles. The molecular weight excluding hydrogens is 288 g/mol. The summed E-state index contributed by atoms with van der Waals surface area (Å²) in [6.45, 7) is 10.1. The van der Waals surface area contributed by atoms with Crippen molar-refractivity contribution in [1.82, 2.24) is 15.1 Å². The van der Waals surface area contributed by atoms with E-state index < -0.39 is 0 Å². The molecule has 5 nitrogen and oxygen atoms in total. The lowest BCUT2D eigenvalue weighted by atomic mass is 10.2. The van der Waals surface area contributed by atoms with E-state index >= 15 is 0 Å². The molecule has 1 aromatic heterocycles. The highest BCUT2D eigenvalue weighted by Crippen LogP contribution is 2.24. The second-order valence-corrected chi connectivity index (χ2v) is 6.04. The fourth-order valence-corrected chi connectivity index (χ4v) is 2.90. The van der Waals surface area contributed by atoms with E-state index in [-0.39, 0.29) is 16.6 Å². The van der Waals surface area contributed by atoms with Gasteiger partial charge in [-0.1, -0.05) is 17.7 Å². The lowest BCUT2D eigenvalue weighted by Crippen LogP contribution is -2.42. The lowest BCUT2D eigenvalue weighted by molar-refractivity contribution is 0.549. The molecule has 1 fully saturated rings. The van der Waals surface area contributed by atoms with Crippen LogP contribution in [-0.2, 0) is 6.54 Å². The minimum Gasteiger partial charge on any atom is -0.365 e. The summed E-state index contributed by atoms with van der Waals surface area (Å²) in [6, 6.07) is 0.695. The Bertz CT molecular complexity index is 549. The van der Waals surface area contributed by atoms with Gasteiger partial charge in [-0.05, 0) is 33.2 Å². The van der Waals surface area contributed by atoms with E-state index in [4.69, 9.17) is 11.6 Å². The zero-order valence-corrected chi connectivity index (χ0v) is 13.4. The van der Waals surface area contributed by atoms with Crippen LogP contribution in [0.3, 0.4) is 0 Å². The first kappa shape index (κ1) is 16.0. The van der Waals surface area contributed by atoms with Crippen molar-refractivity contribution in [3.05, 3.63) is 34.2 Å². The van der Waals surface area contributed by atoms with Gasteiger partial charge < -0.3 is 10.2 Å². The monoisotopic (exact) mass is 310 g/mol. The molecule has 0 aromatic carbocycles. The lowest BCUT2D eigenvalue weighted by Gasteiger charge is -2.31. The Hall–Kier alpha value is -1.33. The highest BCUT2D eigenvalue weighted by Gasteiger charge is 2.23. The molecule has 1 aliphatic heterocycles. The zero-order chi connectivity index (χ0) is 15.4. The summed E-state index contributed by atoms with van der Waals surface area (Å²) in [6.07, 6.45) is 5.67. The number of nitrogens with zero attached hydrogens (tertiary/aromatic N) is 3. The van der Waals surface area contributed by atoms with E-state index in [2.05, 4.69) is 35.7 Å². The second kappa shape index (κ2) is 7.09. The van der Waals surface area contributed by atoms with Gasteiger partial charge in [-0.15, -0.1) is 6.58 Å². The van der Waals surface area contributed by atoms with Crippen molar-refractivity contribution < 1.29 is 0 Å². The number of rotatable bonds is 6. The van der Waals surface area contributed by atoms with Crippen molar-refractivity contribution in [2.45, 2.75) is 45.3 Å². The third-order valence-corrected chi connectivity index (χ3v) is 4.14. The number of anilines is 1. The van der Waals surface area contributed by atoms with E-state index in [0.717, 1.165) is 19.5 Å². The summed E-state index contributed by atoms with van der Waals surface area (Å²) in [7, 11) is 0. The molecule has 1 aromatic rings. The normalized spacial score (nSPS) is 18.2. The van der Waals surface area contributed by atoms with E-state index in [0.29, 0.717) is 18.3 Å². The molecule has 0 bridgehead atoms. The summed E-state index contributed by atoms with van der Waals surface area (Å²) < 4.78 is 1.32. The van der Waals surface area contributed by atoms with Gasteiger partial charge in [0.2, 0.25) is 0 Å². The van der Waals surface area contributed by atoms with Gasteiger partial charge in [-0.2, -0.15) is 5.10 Å². The Morgan fingerprint density at radius 2 is 2.43 bits per heavy atom. The standard InChI is InChI=1S/C15H23ClN4O/c1-4-8-20-15(21)14(16)13(9-18-20)19(11(2)3)10-12-6-5-7-17-12/h4,9,11-12,17H,1,5-8,10H2,2-3H3. The van der Waals surface area contributed by atoms with Gasteiger partial charge in [0, 0.05) is 18.6 Å². The van der Waals surface area contributed by atoms with Crippen molar-refractivity contribution in [3.8, 4) is 0 Å². The Balaban J connectivity index is 2.29. The molecule has 116 valence electrons. The van der Waals surface area contributed by atoms with Crippen LogP contribution in [0.4, 0.5) is 5.69 Å². The van der Waals surface area contributed by atoms with Gasteiger partial charge in [0.25, 0.3) is 5.56 Å². The van der Waals surface area contributed by atoms with Gasteiger partial charge in [0.15, 0.2) is 0 Å². The highest BCUT2D eigenvalue weighted by atomic mass is 35.5. The van der Waals surface area contributed by atoms with Crippen molar-refractivity contribution >= 4 is 17.3 Å². The summed E-state index contributed by atoms with van der Waals surface area (Å²) in [4.78, 5) is 14.4. The van der Waals surface area contributed by atoms with E-state index in [9.17, 15) is 4.79 Å². The van der Waals surface area contributed by atoms with Crippen molar-refractivity contribution in [2.24, 2.45) is 0 Å². The van der Waals surface area contributed by atoms with Crippen LogP contribution in [0, 0.1) is 0 Å². The maximum absolute atomic E-state index is 12.2. The molecule has 1 N–H and O–H groups in total. The fraction of sp³-hybridized carbons (Fsp3) is 0.600. The summed E-state index contributed by atoms with van der Waals surface area (Å²) >= 11 is 6.29.